The number of nitrogens with two attached hydrogens (primary N) is 1. The Morgan fingerprint density at radius 1 is 1.44 bits per heavy atom. The van der Waals surface area contributed by atoms with E-state index in [2.05, 4.69) is 24.4 Å². The molecule has 18 heavy (non-hydrogen) atoms. The summed E-state index contributed by atoms with van der Waals surface area (Å²) in [7, 11) is 0. The van der Waals surface area contributed by atoms with Crippen LogP contribution in [0.1, 0.15) is 30.5 Å². The number of thioether (sulfide) groups is 1. The van der Waals surface area contributed by atoms with Crippen LogP contribution >= 0.6 is 11.8 Å². The molecule has 0 aliphatic carbocycles. The SMILES string of the molecule is Cc1ccccc1C(C)NC(=O)CSCCCN. The highest BCUT2D eigenvalue weighted by atomic mass is 32.2. The minimum atomic E-state index is 0.0637. The van der Waals surface area contributed by atoms with Crippen molar-refractivity contribution in [1.82, 2.24) is 5.32 Å². The smallest absolute Gasteiger partial charge is 0.230 e. The van der Waals surface area contributed by atoms with Crippen LogP contribution in [0.2, 0.25) is 0 Å². The van der Waals surface area contributed by atoms with Gasteiger partial charge in [-0.2, -0.15) is 11.8 Å². The van der Waals surface area contributed by atoms with E-state index >= 15 is 0 Å². The molecule has 1 amide bonds. The van der Waals surface area contributed by atoms with Gasteiger partial charge in [-0.15, -0.1) is 0 Å². The topological polar surface area (TPSA) is 55.1 Å². The van der Waals surface area contributed by atoms with E-state index in [1.165, 1.54) is 11.1 Å². The summed E-state index contributed by atoms with van der Waals surface area (Å²) < 4.78 is 0. The van der Waals surface area contributed by atoms with Gasteiger partial charge in [-0.1, -0.05) is 24.3 Å². The molecule has 3 nitrogen and oxygen atoms in total. The van der Waals surface area contributed by atoms with Crippen molar-refractivity contribution in [3.8, 4) is 0 Å². The summed E-state index contributed by atoms with van der Waals surface area (Å²) in [6, 6.07) is 8.20. The summed E-state index contributed by atoms with van der Waals surface area (Å²) in [5.74, 6) is 1.55. The highest BCUT2D eigenvalue weighted by molar-refractivity contribution is 7.99. The average Bonchev–Trinajstić information content (AvgIpc) is 2.35. The number of rotatable bonds is 7. The molecule has 0 radical (unpaired) electrons. The second-order valence-corrected chi connectivity index (χ2v) is 5.45. The predicted molar refractivity (Wildman–Crippen MR) is 78.7 cm³/mol. The Morgan fingerprint density at radius 3 is 2.83 bits per heavy atom. The first-order valence-electron chi connectivity index (χ1n) is 6.28. The Morgan fingerprint density at radius 2 is 2.17 bits per heavy atom. The van der Waals surface area contributed by atoms with Crippen molar-refractivity contribution in [2.24, 2.45) is 5.73 Å². The third kappa shape index (κ3) is 5.10. The van der Waals surface area contributed by atoms with E-state index in [1.807, 2.05) is 19.1 Å². The van der Waals surface area contributed by atoms with Crippen LogP contribution < -0.4 is 11.1 Å². The average molecular weight is 266 g/mol. The van der Waals surface area contributed by atoms with E-state index < -0.39 is 0 Å². The van der Waals surface area contributed by atoms with Gasteiger partial charge in [-0.05, 0) is 43.7 Å². The van der Waals surface area contributed by atoms with Gasteiger partial charge >= 0.3 is 0 Å². The lowest BCUT2D eigenvalue weighted by Gasteiger charge is -2.16. The molecule has 0 fully saturated rings. The Labute approximate surface area is 114 Å². The Kier molecular flexibility index (Phi) is 6.83. The van der Waals surface area contributed by atoms with Crippen LogP contribution in [0.15, 0.2) is 24.3 Å². The predicted octanol–water partition coefficient (Wildman–Crippen LogP) is 2.25. The molecule has 3 N–H and O–H groups in total. The van der Waals surface area contributed by atoms with Crippen LogP contribution in [0.25, 0.3) is 0 Å². The highest BCUT2D eigenvalue weighted by Gasteiger charge is 2.10. The van der Waals surface area contributed by atoms with Crippen molar-refractivity contribution >= 4 is 17.7 Å². The van der Waals surface area contributed by atoms with Crippen molar-refractivity contribution in [2.75, 3.05) is 18.1 Å². The third-order valence-electron chi connectivity index (χ3n) is 2.76. The van der Waals surface area contributed by atoms with Gasteiger partial charge in [0.2, 0.25) is 5.91 Å². The lowest BCUT2D eigenvalue weighted by atomic mass is 10.0. The fraction of sp³-hybridized carbons (Fsp3) is 0.500. The van der Waals surface area contributed by atoms with Crippen LogP contribution in [0.5, 0.6) is 0 Å². The van der Waals surface area contributed by atoms with Crippen LogP contribution in [-0.4, -0.2) is 24.0 Å². The molecule has 1 unspecified atom stereocenters. The lowest BCUT2D eigenvalue weighted by molar-refractivity contribution is -0.119. The van der Waals surface area contributed by atoms with Crippen LogP contribution in [0.4, 0.5) is 0 Å². The molecule has 0 spiro atoms. The second kappa shape index (κ2) is 8.16. The number of hydrogen-bond acceptors (Lipinski definition) is 3. The van der Waals surface area contributed by atoms with Gasteiger partial charge in [0.25, 0.3) is 0 Å². The minimum Gasteiger partial charge on any atom is -0.349 e. The summed E-state index contributed by atoms with van der Waals surface area (Å²) in [4.78, 5) is 11.7. The van der Waals surface area contributed by atoms with E-state index in [1.54, 1.807) is 11.8 Å². The standard InChI is InChI=1S/C14H22N2OS/c1-11-6-3-4-7-13(11)12(2)16-14(17)10-18-9-5-8-15/h3-4,6-7,12H,5,8-10,15H2,1-2H3,(H,16,17). The zero-order valence-electron chi connectivity index (χ0n) is 11.1. The molecular formula is C14H22N2OS. The van der Waals surface area contributed by atoms with Crippen LogP contribution in [-0.2, 0) is 4.79 Å². The number of aryl methyl sites for hydroxylation is 1. The molecule has 1 aromatic carbocycles. The number of amides is 1. The highest BCUT2D eigenvalue weighted by Crippen LogP contribution is 2.16. The van der Waals surface area contributed by atoms with Gasteiger partial charge in [0, 0.05) is 0 Å². The van der Waals surface area contributed by atoms with E-state index in [0.717, 1.165) is 12.2 Å². The maximum atomic E-state index is 11.7. The first kappa shape index (κ1) is 15.1. The number of carbonyl (C=O) groups excluding carboxylic acids is 1. The van der Waals surface area contributed by atoms with E-state index in [4.69, 9.17) is 5.73 Å². The molecule has 4 heteroatoms. The molecule has 0 aromatic heterocycles. The van der Waals surface area contributed by atoms with Gasteiger partial charge in [0.1, 0.15) is 0 Å². The fourth-order valence-electron chi connectivity index (χ4n) is 1.78. The van der Waals surface area contributed by atoms with Crippen molar-refractivity contribution in [2.45, 2.75) is 26.3 Å². The molecule has 0 heterocycles. The van der Waals surface area contributed by atoms with E-state index in [-0.39, 0.29) is 11.9 Å². The minimum absolute atomic E-state index is 0.0637. The maximum Gasteiger partial charge on any atom is 0.230 e. The second-order valence-electron chi connectivity index (χ2n) is 4.34. The molecule has 0 saturated carbocycles. The zero-order valence-corrected chi connectivity index (χ0v) is 11.9. The summed E-state index contributed by atoms with van der Waals surface area (Å²) in [6.45, 7) is 4.77. The van der Waals surface area contributed by atoms with E-state index in [0.29, 0.717) is 12.3 Å². The van der Waals surface area contributed by atoms with E-state index in [9.17, 15) is 4.79 Å². The zero-order chi connectivity index (χ0) is 13.4. The fourth-order valence-corrected chi connectivity index (χ4v) is 2.57. The molecule has 1 aromatic rings. The van der Waals surface area contributed by atoms with Crippen molar-refractivity contribution in [3.63, 3.8) is 0 Å². The summed E-state index contributed by atoms with van der Waals surface area (Å²) in [5, 5.41) is 3.02. The van der Waals surface area contributed by atoms with Gasteiger partial charge in [0.05, 0.1) is 11.8 Å². The third-order valence-corrected chi connectivity index (χ3v) is 3.80. The molecule has 0 bridgehead atoms. The summed E-state index contributed by atoms with van der Waals surface area (Å²) in [6.07, 6.45) is 0.964. The molecule has 0 saturated heterocycles. The summed E-state index contributed by atoms with van der Waals surface area (Å²) in [5.41, 5.74) is 7.79. The van der Waals surface area contributed by atoms with Gasteiger partial charge in [-0.3, -0.25) is 4.79 Å². The molecule has 100 valence electrons. The first-order valence-corrected chi connectivity index (χ1v) is 7.43. The molecule has 0 aliphatic rings. The maximum absolute atomic E-state index is 11.7. The van der Waals surface area contributed by atoms with Crippen molar-refractivity contribution in [1.29, 1.82) is 0 Å². The van der Waals surface area contributed by atoms with Gasteiger partial charge < -0.3 is 11.1 Å². The van der Waals surface area contributed by atoms with Gasteiger partial charge in [-0.25, -0.2) is 0 Å². The molecule has 0 aliphatic heterocycles. The first-order chi connectivity index (χ1) is 8.65. The normalized spacial score (nSPS) is 12.2. The number of benzene rings is 1. The Balaban J connectivity index is 2.38. The number of carbonyl (C=O) groups is 1. The van der Waals surface area contributed by atoms with Crippen LogP contribution in [0.3, 0.4) is 0 Å². The Hall–Kier alpha value is -1.000. The van der Waals surface area contributed by atoms with Gasteiger partial charge in [0.15, 0.2) is 0 Å². The number of nitrogens with one attached hydrogen (secondary N) is 1. The largest absolute Gasteiger partial charge is 0.349 e. The molecule has 1 rings (SSSR count). The summed E-state index contributed by atoms with van der Waals surface area (Å²) >= 11 is 1.64. The monoisotopic (exact) mass is 266 g/mol. The molecule has 1 atom stereocenters. The Bertz CT molecular complexity index is 382. The quantitative estimate of drug-likeness (QED) is 0.744. The lowest BCUT2D eigenvalue weighted by Crippen LogP contribution is -2.28. The van der Waals surface area contributed by atoms with Crippen LogP contribution in [0, 0.1) is 6.92 Å². The van der Waals surface area contributed by atoms with Crippen molar-refractivity contribution < 1.29 is 4.79 Å². The van der Waals surface area contributed by atoms with Crippen molar-refractivity contribution in [3.05, 3.63) is 35.4 Å². The number of hydrogen-bond donors (Lipinski definition) is 2. The molecular weight excluding hydrogens is 244 g/mol.